The normalized spacial score (nSPS) is 10.9. The average molecular weight is 266 g/mol. The number of alkyl halides is 3. The van der Waals surface area contributed by atoms with Crippen LogP contribution in [0.1, 0.15) is 18.9 Å². The van der Waals surface area contributed by atoms with E-state index in [1.807, 2.05) is 0 Å². The predicted molar refractivity (Wildman–Crippen MR) is 58.1 cm³/mol. The Morgan fingerprint density at radius 3 is 2.59 bits per heavy atom. The van der Waals surface area contributed by atoms with Gasteiger partial charge in [0.1, 0.15) is 5.82 Å². The van der Waals surface area contributed by atoms with Gasteiger partial charge in [-0.25, -0.2) is 15.2 Å². The number of hydrogen-bond acceptors (Lipinski definition) is 4. The van der Waals surface area contributed by atoms with E-state index in [1.54, 1.807) is 13.8 Å². The van der Waals surface area contributed by atoms with Crippen molar-refractivity contribution < 1.29 is 18.0 Å². The zero-order valence-corrected chi connectivity index (χ0v) is 9.74. The van der Waals surface area contributed by atoms with E-state index in [0.717, 1.165) is 5.38 Å². The molecule has 0 aliphatic heterocycles. The van der Waals surface area contributed by atoms with Crippen molar-refractivity contribution in [3.63, 3.8) is 0 Å². The smallest absolute Gasteiger partial charge is 0.290 e. The van der Waals surface area contributed by atoms with Crippen molar-refractivity contribution in [3.05, 3.63) is 10.4 Å². The highest BCUT2D eigenvalue weighted by molar-refractivity contribution is 7.10. The van der Waals surface area contributed by atoms with Gasteiger partial charge >= 0.3 is 12.2 Å². The number of hydrogen-bond donors (Lipinski definition) is 2. The van der Waals surface area contributed by atoms with Crippen LogP contribution in [0.25, 0.3) is 0 Å². The van der Waals surface area contributed by atoms with Gasteiger partial charge in [0.2, 0.25) is 0 Å². The fourth-order valence-corrected chi connectivity index (χ4v) is 1.39. The number of rotatable bonds is 2. The first kappa shape index (κ1) is 13.4. The second-order valence-corrected chi connectivity index (χ2v) is 4.02. The molecule has 1 heterocycles. The Morgan fingerprint density at radius 2 is 2.12 bits per heavy atom. The number of urea groups is 1. The Balaban J connectivity index is 2.61. The summed E-state index contributed by atoms with van der Waals surface area (Å²) in [4.78, 5) is 14.4. The maximum atomic E-state index is 12.2. The summed E-state index contributed by atoms with van der Waals surface area (Å²) in [5.41, 5.74) is 2.71. The molecule has 94 valence electrons. The summed E-state index contributed by atoms with van der Waals surface area (Å²) in [7, 11) is 0. The van der Waals surface area contributed by atoms with E-state index < -0.39 is 17.2 Å². The topological polar surface area (TPSA) is 66.4 Å². The lowest BCUT2D eigenvalue weighted by molar-refractivity contribution is -0.137. The van der Waals surface area contributed by atoms with Crippen molar-refractivity contribution in [2.75, 3.05) is 5.32 Å². The standard InChI is InChI=1S/C8H9F3N4OS/c1-4(2)14-15-7(16)13-5-3-17-6(12-5)8(9,10)11/h3H,1-2H3,(H2,13,15,16). The summed E-state index contributed by atoms with van der Waals surface area (Å²) in [6.45, 7) is 3.32. The van der Waals surface area contributed by atoms with Gasteiger partial charge in [-0.3, -0.25) is 5.32 Å². The quantitative estimate of drug-likeness (QED) is 0.638. The molecule has 0 bridgehead atoms. The van der Waals surface area contributed by atoms with Gasteiger partial charge in [0.25, 0.3) is 0 Å². The molecular weight excluding hydrogens is 257 g/mol. The minimum absolute atomic E-state index is 0.163. The minimum atomic E-state index is -4.50. The van der Waals surface area contributed by atoms with Crippen LogP contribution in [0.4, 0.5) is 23.8 Å². The summed E-state index contributed by atoms with van der Waals surface area (Å²) in [5, 5.41) is 5.81. The lowest BCUT2D eigenvalue weighted by atomic mass is 10.5. The Kier molecular flexibility index (Phi) is 4.05. The molecule has 2 amide bonds. The molecule has 0 aromatic carbocycles. The van der Waals surface area contributed by atoms with E-state index in [4.69, 9.17) is 0 Å². The lowest BCUT2D eigenvalue weighted by Gasteiger charge is -2.01. The first-order valence-corrected chi connectivity index (χ1v) is 5.27. The summed E-state index contributed by atoms with van der Waals surface area (Å²) >= 11 is 0.408. The van der Waals surface area contributed by atoms with Crippen LogP contribution in [0.15, 0.2) is 10.5 Å². The first-order valence-electron chi connectivity index (χ1n) is 4.39. The van der Waals surface area contributed by atoms with Crippen molar-refractivity contribution in [2.45, 2.75) is 20.0 Å². The maximum absolute atomic E-state index is 12.2. The van der Waals surface area contributed by atoms with Crippen LogP contribution in [-0.2, 0) is 6.18 Å². The minimum Gasteiger partial charge on any atom is -0.290 e. The number of halogens is 3. The number of anilines is 1. The fourth-order valence-electron chi connectivity index (χ4n) is 0.768. The van der Waals surface area contributed by atoms with Crippen LogP contribution in [0.5, 0.6) is 0 Å². The van der Waals surface area contributed by atoms with E-state index in [2.05, 4.69) is 20.8 Å². The van der Waals surface area contributed by atoms with Gasteiger partial charge in [-0.05, 0) is 13.8 Å². The Bertz CT molecular complexity index is 436. The molecule has 0 fully saturated rings. The van der Waals surface area contributed by atoms with Crippen LogP contribution in [0.2, 0.25) is 0 Å². The lowest BCUT2D eigenvalue weighted by Crippen LogP contribution is -2.25. The van der Waals surface area contributed by atoms with Gasteiger partial charge in [0.05, 0.1) is 0 Å². The molecule has 9 heteroatoms. The first-order chi connectivity index (χ1) is 7.79. The van der Waals surface area contributed by atoms with Crippen molar-refractivity contribution in [1.82, 2.24) is 10.4 Å². The summed E-state index contributed by atoms with van der Waals surface area (Å²) in [6, 6.07) is -0.745. The summed E-state index contributed by atoms with van der Waals surface area (Å²) in [6.07, 6.45) is -4.50. The van der Waals surface area contributed by atoms with E-state index in [1.165, 1.54) is 0 Å². The monoisotopic (exact) mass is 266 g/mol. The Hall–Kier alpha value is -1.64. The Morgan fingerprint density at radius 1 is 1.47 bits per heavy atom. The van der Waals surface area contributed by atoms with Crippen LogP contribution in [-0.4, -0.2) is 16.7 Å². The maximum Gasteiger partial charge on any atom is 0.443 e. The largest absolute Gasteiger partial charge is 0.443 e. The number of thiazole rings is 1. The molecule has 0 aliphatic rings. The molecule has 1 rings (SSSR count). The SMILES string of the molecule is CC(C)=NNC(=O)Nc1csc(C(F)(F)F)n1. The third-order valence-electron chi connectivity index (χ3n) is 1.37. The van der Waals surface area contributed by atoms with Crippen LogP contribution >= 0.6 is 11.3 Å². The molecule has 0 spiro atoms. The molecular formula is C8H9F3N4OS. The van der Waals surface area contributed by atoms with Gasteiger partial charge in [0, 0.05) is 11.1 Å². The Labute approximate surface area is 98.7 Å². The number of carbonyl (C=O) groups excluding carboxylic acids is 1. The van der Waals surface area contributed by atoms with Crippen molar-refractivity contribution in [3.8, 4) is 0 Å². The second-order valence-electron chi connectivity index (χ2n) is 3.16. The van der Waals surface area contributed by atoms with Gasteiger partial charge in [-0.2, -0.15) is 18.3 Å². The molecule has 0 atom stereocenters. The van der Waals surface area contributed by atoms with Crippen molar-refractivity contribution in [2.24, 2.45) is 5.10 Å². The highest BCUT2D eigenvalue weighted by atomic mass is 32.1. The molecule has 17 heavy (non-hydrogen) atoms. The molecule has 0 unspecified atom stereocenters. The average Bonchev–Trinajstić information content (AvgIpc) is 2.62. The molecule has 0 aliphatic carbocycles. The zero-order chi connectivity index (χ0) is 13.1. The molecule has 0 saturated heterocycles. The van der Waals surface area contributed by atoms with E-state index >= 15 is 0 Å². The van der Waals surface area contributed by atoms with Crippen molar-refractivity contribution in [1.29, 1.82) is 0 Å². The fraction of sp³-hybridized carbons (Fsp3) is 0.375. The molecule has 0 radical (unpaired) electrons. The van der Waals surface area contributed by atoms with Crippen molar-refractivity contribution >= 4 is 28.9 Å². The van der Waals surface area contributed by atoms with Gasteiger partial charge in [-0.15, -0.1) is 11.3 Å². The number of nitrogens with one attached hydrogen (secondary N) is 2. The number of carbonyl (C=O) groups is 1. The number of aromatic nitrogens is 1. The van der Waals surface area contributed by atoms with E-state index in [0.29, 0.717) is 17.0 Å². The number of amides is 2. The molecule has 2 N–H and O–H groups in total. The molecule has 1 aromatic heterocycles. The van der Waals surface area contributed by atoms with Crippen LogP contribution in [0.3, 0.4) is 0 Å². The summed E-state index contributed by atoms with van der Waals surface area (Å²) in [5.74, 6) is -0.163. The van der Waals surface area contributed by atoms with Gasteiger partial charge < -0.3 is 0 Å². The molecule has 0 saturated carbocycles. The summed E-state index contributed by atoms with van der Waals surface area (Å²) < 4.78 is 36.6. The third-order valence-corrected chi connectivity index (χ3v) is 2.26. The third kappa shape index (κ3) is 4.39. The number of hydrazone groups is 1. The number of nitrogens with zero attached hydrogens (tertiary/aromatic N) is 2. The zero-order valence-electron chi connectivity index (χ0n) is 8.92. The van der Waals surface area contributed by atoms with Crippen LogP contribution in [0, 0.1) is 0 Å². The highest BCUT2D eigenvalue weighted by Crippen LogP contribution is 2.32. The van der Waals surface area contributed by atoms with Crippen LogP contribution < -0.4 is 10.7 Å². The van der Waals surface area contributed by atoms with Gasteiger partial charge in [-0.1, -0.05) is 0 Å². The predicted octanol–water partition coefficient (Wildman–Crippen LogP) is 2.68. The molecule has 1 aromatic rings. The molecule has 5 nitrogen and oxygen atoms in total. The van der Waals surface area contributed by atoms with E-state index in [-0.39, 0.29) is 5.82 Å². The second kappa shape index (κ2) is 5.13. The van der Waals surface area contributed by atoms with Gasteiger partial charge in [0.15, 0.2) is 5.01 Å². The van der Waals surface area contributed by atoms with E-state index in [9.17, 15) is 18.0 Å². The highest BCUT2D eigenvalue weighted by Gasteiger charge is 2.34.